The van der Waals surface area contributed by atoms with E-state index < -0.39 is 22.0 Å². The van der Waals surface area contributed by atoms with E-state index in [1.807, 2.05) is 11.4 Å². The molecule has 24 heavy (non-hydrogen) atoms. The Morgan fingerprint density at radius 3 is 2.54 bits per heavy atom. The van der Waals surface area contributed by atoms with Crippen LogP contribution in [0.5, 0.6) is 5.75 Å². The van der Waals surface area contributed by atoms with E-state index in [4.69, 9.17) is 9.47 Å². The molecule has 2 aromatic rings. The first kappa shape index (κ1) is 16.9. The number of sulfonamides is 1. The number of carbonyl (C=O) groups excluding carboxylic acids is 1. The van der Waals surface area contributed by atoms with E-state index in [1.165, 1.54) is 42.0 Å². The molecule has 1 aliphatic heterocycles. The van der Waals surface area contributed by atoms with Gasteiger partial charge in [-0.2, -0.15) is 4.31 Å². The molecule has 0 amide bonds. The molecular weight excluding hydrogens is 350 g/mol. The topological polar surface area (TPSA) is 72.9 Å². The predicted molar refractivity (Wildman–Crippen MR) is 89.5 cm³/mol. The molecule has 2 heterocycles. The first-order chi connectivity index (χ1) is 11.5. The lowest BCUT2D eigenvalue weighted by Gasteiger charge is -2.32. The van der Waals surface area contributed by atoms with Gasteiger partial charge in [-0.15, -0.1) is 11.3 Å². The SMILES string of the molecule is COC(=O)C1Cc2sccc2CN1S(=O)(=O)c1ccc(OC)cc1. The molecule has 0 N–H and O–H groups in total. The standard InChI is InChI=1S/C16H17NO5S2/c1-21-12-3-5-13(6-4-12)24(19,20)17-10-11-7-8-23-15(11)9-14(17)16(18)22-2/h3-8,14H,9-10H2,1-2H3. The highest BCUT2D eigenvalue weighted by molar-refractivity contribution is 7.89. The van der Waals surface area contributed by atoms with Crippen molar-refractivity contribution in [2.24, 2.45) is 0 Å². The Labute approximate surface area is 144 Å². The number of ether oxygens (including phenoxy) is 2. The zero-order valence-electron chi connectivity index (χ0n) is 13.3. The average Bonchev–Trinajstić information content (AvgIpc) is 3.07. The van der Waals surface area contributed by atoms with Crippen LogP contribution in [0.4, 0.5) is 0 Å². The highest BCUT2D eigenvalue weighted by Gasteiger charge is 2.40. The number of methoxy groups -OCH3 is 2. The molecule has 1 aliphatic rings. The van der Waals surface area contributed by atoms with Crippen LogP contribution in [0.15, 0.2) is 40.6 Å². The van der Waals surface area contributed by atoms with Crippen molar-refractivity contribution < 1.29 is 22.7 Å². The van der Waals surface area contributed by atoms with Crippen molar-refractivity contribution in [1.82, 2.24) is 4.31 Å². The van der Waals surface area contributed by atoms with E-state index in [9.17, 15) is 13.2 Å². The fourth-order valence-electron chi connectivity index (χ4n) is 2.72. The zero-order chi connectivity index (χ0) is 17.3. The number of carbonyl (C=O) groups is 1. The Morgan fingerprint density at radius 1 is 1.21 bits per heavy atom. The van der Waals surface area contributed by atoms with Gasteiger partial charge in [0.1, 0.15) is 11.8 Å². The second kappa shape index (κ2) is 6.54. The number of hydrogen-bond donors (Lipinski definition) is 0. The van der Waals surface area contributed by atoms with Crippen molar-refractivity contribution in [3.8, 4) is 5.75 Å². The van der Waals surface area contributed by atoms with Crippen LogP contribution in [-0.2, 0) is 32.5 Å². The maximum absolute atomic E-state index is 13.0. The summed E-state index contributed by atoms with van der Waals surface area (Å²) in [5.41, 5.74) is 0.928. The van der Waals surface area contributed by atoms with Crippen LogP contribution < -0.4 is 4.74 Å². The summed E-state index contributed by atoms with van der Waals surface area (Å²) in [4.78, 5) is 13.3. The van der Waals surface area contributed by atoms with Crippen LogP contribution >= 0.6 is 11.3 Å². The largest absolute Gasteiger partial charge is 0.497 e. The van der Waals surface area contributed by atoms with E-state index in [-0.39, 0.29) is 11.4 Å². The van der Waals surface area contributed by atoms with Gasteiger partial charge in [-0.3, -0.25) is 4.79 Å². The summed E-state index contributed by atoms with van der Waals surface area (Å²) in [5, 5.41) is 1.91. The van der Waals surface area contributed by atoms with Crippen molar-refractivity contribution in [2.45, 2.75) is 23.9 Å². The van der Waals surface area contributed by atoms with Crippen LogP contribution in [0.1, 0.15) is 10.4 Å². The van der Waals surface area contributed by atoms with Crippen LogP contribution in [0.3, 0.4) is 0 Å². The van der Waals surface area contributed by atoms with Gasteiger partial charge in [0.25, 0.3) is 0 Å². The third-order valence-electron chi connectivity index (χ3n) is 4.03. The first-order valence-electron chi connectivity index (χ1n) is 7.26. The summed E-state index contributed by atoms with van der Waals surface area (Å²) >= 11 is 1.52. The number of esters is 1. The second-order valence-electron chi connectivity index (χ2n) is 5.34. The van der Waals surface area contributed by atoms with Crippen molar-refractivity contribution >= 4 is 27.3 Å². The molecule has 1 unspecified atom stereocenters. The van der Waals surface area contributed by atoms with E-state index in [2.05, 4.69) is 0 Å². The number of rotatable bonds is 4. The molecule has 0 saturated carbocycles. The van der Waals surface area contributed by atoms with Crippen LogP contribution in [0, 0.1) is 0 Å². The number of thiophene rings is 1. The van der Waals surface area contributed by atoms with Crippen molar-refractivity contribution in [3.63, 3.8) is 0 Å². The highest BCUT2D eigenvalue weighted by atomic mass is 32.2. The van der Waals surface area contributed by atoms with Gasteiger partial charge >= 0.3 is 5.97 Å². The Hall–Kier alpha value is -1.90. The summed E-state index contributed by atoms with van der Waals surface area (Å²) in [7, 11) is -1.05. The molecule has 128 valence electrons. The Balaban J connectivity index is 2.01. The van der Waals surface area contributed by atoms with E-state index >= 15 is 0 Å². The minimum Gasteiger partial charge on any atom is -0.497 e. The van der Waals surface area contributed by atoms with E-state index in [0.29, 0.717) is 12.2 Å². The molecule has 0 spiro atoms. The summed E-state index contributed by atoms with van der Waals surface area (Å²) < 4.78 is 37.2. The molecule has 6 nitrogen and oxygen atoms in total. The second-order valence-corrected chi connectivity index (χ2v) is 8.23. The Bertz CT molecular complexity index is 842. The molecule has 0 fully saturated rings. The summed E-state index contributed by atoms with van der Waals surface area (Å²) in [6.07, 6.45) is 0.328. The van der Waals surface area contributed by atoms with Gasteiger partial charge in [0.2, 0.25) is 10.0 Å². The van der Waals surface area contributed by atoms with Gasteiger partial charge in [-0.05, 0) is 41.3 Å². The molecule has 3 rings (SSSR count). The maximum atomic E-state index is 13.0. The fraction of sp³-hybridized carbons (Fsp3) is 0.312. The number of fused-ring (bicyclic) bond motifs is 1. The predicted octanol–water partition coefficient (Wildman–Crippen LogP) is 2.05. The van der Waals surface area contributed by atoms with Gasteiger partial charge in [-0.1, -0.05) is 0 Å². The van der Waals surface area contributed by atoms with Crippen LogP contribution in [-0.4, -0.2) is 39.0 Å². The normalized spacial score (nSPS) is 18.0. The number of nitrogens with zero attached hydrogens (tertiary/aromatic N) is 1. The lowest BCUT2D eigenvalue weighted by molar-refractivity contribution is -0.145. The number of hydrogen-bond acceptors (Lipinski definition) is 6. The molecule has 1 atom stereocenters. The molecule has 0 radical (unpaired) electrons. The quantitative estimate of drug-likeness (QED) is 0.774. The molecule has 1 aromatic heterocycles. The minimum atomic E-state index is -3.83. The molecular formula is C16H17NO5S2. The van der Waals surface area contributed by atoms with E-state index in [1.54, 1.807) is 12.1 Å². The number of benzene rings is 1. The van der Waals surface area contributed by atoms with Gasteiger partial charge < -0.3 is 9.47 Å². The Morgan fingerprint density at radius 2 is 1.92 bits per heavy atom. The zero-order valence-corrected chi connectivity index (χ0v) is 14.9. The van der Waals surface area contributed by atoms with E-state index in [0.717, 1.165) is 10.4 Å². The smallest absolute Gasteiger partial charge is 0.324 e. The molecule has 0 saturated heterocycles. The molecule has 0 aliphatic carbocycles. The molecule has 0 bridgehead atoms. The van der Waals surface area contributed by atoms with Gasteiger partial charge in [0, 0.05) is 17.8 Å². The summed E-state index contributed by atoms with van der Waals surface area (Å²) in [6.45, 7) is 0.160. The molecule has 8 heteroatoms. The summed E-state index contributed by atoms with van der Waals surface area (Å²) in [5.74, 6) is 0.0170. The third kappa shape index (κ3) is 2.92. The summed E-state index contributed by atoms with van der Waals surface area (Å²) in [6, 6.07) is 7.16. The van der Waals surface area contributed by atoms with Crippen LogP contribution in [0.25, 0.3) is 0 Å². The van der Waals surface area contributed by atoms with Crippen LogP contribution in [0.2, 0.25) is 0 Å². The third-order valence-corrected chi connectivity index (χ3v) is 6.88. The average molecular weight is 367 g/mol. The van der Waals surface area contributed by atoms with Crippen molar-refractivity contribution in [2.75, 3.05) is 14.2 Å². The minimum absolute atomic E-state index is 0.121. The van der Waals surface area contributed by atoms with Crippen molar-refractivity contribution in [3.05, 3.63) is 46.2 Å². The Kier molecular flexibility index (Phi) is 4.62. The fourth-order valence-corrected chi connectivity index (χ4v) is 5.21. The maximum Gasteiger partial charge on any atom is 0.324 e. The lowest BCUT2D eigenvalue weighted by Crippen LogP contribution is -2.48. The van der Waals surface area contributed by atoms with Gasteiger partial charge in [0.05, 0.1) is 19.1 Å². The van der Waals surface area contributed by atoms with Crippen molar-refractivity contribution in [1.29, 1.82) is 0 Å². The first-order valence-corrected chi connectivity index (χ1v) is 9.58. The molecule has 1 aromatic carbocycles. The van der Waals surface area contributed by atoms with Gasteiger partial charge in [0.15, 0.2) is 0 Å². The highest BCUT2D eigenvalue weighted by Crippen LogP contribution is 2.32. The van der Waals surface area contributed by atoms with Gasteiger partial charge in [-0.25, -0.2) is 8.42 Å². The monoisotopic (exact) mass is 367 g/mol. The lowest BCUT2D eigenvalue weighted by atomic mass is 10.0.